The molecule has 0 unspecified atom stereocenters. The number of amides is 1. The number of carbonyl (C=O) groups is 1. The lowest BCUT2D eigenvalue weighted by molar-refractivity contribution is -0.895. The predicted molar refractivity (Wildman–Crippen MR) is 118 cm³/mol. The maximum absolute atomic E-state index is 12.9. The number of halogens is 1. The SMILES string of the molecule is CC(C)c1ccc(S(=O)(=O)N2CC[NH+](CC(=O)Nc3ccccc3Br)CC2)cc1. The van der Waals surface area contributed by atoms with Crippen LogP contribution >= 0.6 is 15.9 Å². The van der Waals surface area contributed by atoms with Crippen LogP contribution in [0.25, 0.3) is 0 Å². The van der Waals surface area contributed by atoms with Crippen molar-refractivity contribution in [3.63, 3.8) is 0 Å². The van der Waals surface area contributed by atoms with Crippen molar-refractivity contribution >= 4 is 37.5 Å². The third-order valence-corrected chi connectivity index (χ3v) is 7.78. The Morgan fingerprint density at radius 2 is 1.72 bits per heavy atom. The number of rotatable bonds is 6. The Bertz CT molecular complexity index is 953. The Hall–Kier alpha value is -1.74. The van der Waals surface area contributed by atoms with Crippen LogP contribution in [0.5, 0.6) is 0 Å². The summed E-state index contributed by atoms with van der Waals surface area (Å²) in [6.45, 7) is 6.51. The summed E-state index contributed by atoms with van der Waals surface area (Å²) < 4.78 is 28.2. The van der Waals surface area contributed by atoms with Gasteiger partial charge in [0, 0.05) is 4.47 Å². The van der Waals surface area contributed by atoms with Crippen LogP contribution in [0.4, 0.5) is 5.69 Å². The largest absolute Gasteiger partial charge is 0.325 e. The molecule has 0 aromatic heterocycles. The molecule has 0 spiro atoms. The Kier molecular flexibility index (Phi) is 7.10. The molecule has 2 N–H and O–H groups in total. The summed E-state index contributed by atoms with van der Waals surface area (Å²) in [6.07, 6.45) is 0. The van der Waals surface area contributed by atoms with Crippen molar-refractivity contribution in [2.45, 2.75) is 24.7 Å². The van der Waals surface area contributed by atoms with E-state index in [2.05, 4.69) is 35.1 Å². The van der Waals surface area contributed by atoms with Crippen molar-refractivity contribution in [3.8, 4) is 0 Å². The summed E-state index contributed by atoms with van der Waals surface area (Å²) in [5, 5.41) is 2.90. The van der Waals surface area contributed by atoms with Gasteiger partial charge in [-0.15, -0.1) is 0 Å². The van der Waals surface area contributed by atoms with E-state index in [4.69, 9.17) is 0 Å². The number of nitrogens with one attached hydrogen (secondary N) is 2. The van der Waals surface area contributed by atoms with Gasteiger partial charge in [0.25, 0.3) is 5.91 Å². The van der Waals surface area contributed by atoms with Crippen LogP contribution in [0.1, 0.15) is 25.3 Å². The van der Waals surface area contributed by atoms with Gasteiger partial charge in [0.1, 0.15) is 0 Å². The van der Waals surface area contributed by atoms with Crippen LogP contribution in [0, 0.1) is 0 Å². The standard InChI is InChI=1S/C21H26BrN3O3S/c1-16(2)17-7-9-18(10-8-17)29(27,28)25-13-11-24(12-14-25)15-21(26)23-20-6-4-3-5-19(20)22/h3-10,16H,11-15H2,1-2H3,(H,23,26)/p+1. The molecule has 1 fully saturated rings. The molecule has 8 heteroatoms. The fraction of sp³-hybridized carbons (Fsp3) is 0.381. The van der Waals surface area contributed by atoms with Crippen LogP contribution in [-0.4, -0.2) is 51.4 Å². The summed E-state index contributed by atoms with van der Waals surface area (Å²) >= 11 is 3.42. The summed E-state index contributed by atoms with van der Waals surface area (Å²) in [7, 11) is -3.50. The second-order valence-corrected chi connectivity index (χ2v) is 10.4. The van der Waals surface area contributed by atoms with E-state index >= 15 is 0 Å². The van der Waals surface area contributed by atoms with Crippen molar-refractivity contribution in [2.75, 3.05) is 38.0 Å². The van der Waals surface area contributed by atoms with Crippen molar-refractivity contribution in [1.82, 2.24) is 4.31 Å². The van der Waals surface area contributed by atoms with Crippen LogP contribution in [0.3, 0.4) is 0 Å². The molecule has 6 nitrogen and oxygen atoms in total. The van der Waals surface area contributed by atoms with E-state index in [0.29, 0.717) is 43.5 Å². The van der Waals surface area contributed by atoms with Crippen LogP contribution < -0.4 is 10.2 Å². The molecule has 0 aliphatic carbocycles. The maximum Gasteiger partial charge on any atom is 0.279 e. The smallest absolute Gasteiger partial charge is 0.279 e. The highest BCUT2D eigenvalue weighted by molar-refractivity contribution is 9.10. The van der Waals surface area contributed by atoms with E-state index in [1.807, 2.05) is 36.4 Å². The molecule has 29 heavy (non-hydrogen) atoms. The summed E-state index contributed by atoms with van der Waals surface area (Å²) in [5.74, 6) is 0.286. The van der Waals surface area contributed by atoms with Gasteiger partial charge in [0.05, 0.1) is 36.8 Å². The molecule has 0 bridgehead atoms. The zero-order valence-corrected chi connectivity index (χ0v) is 19.1. The molecule has 3 rings (SSSR count). The van der Waals surface area contributed by atoms with Crippen LogP contribution in [0.15, 0.2) is 57.9 Å². The first-order chi connectivity index (χ1) is 13.8. The van der Waals surface area contributed by atoms with Gasteiger partial charge in [-0.3, -0.25) is 4.79 Å². The van der Waals surface area contributed by atoms with Crippen molar-refractivity contribution < 1.29 is 18.1 Å². The van der Waals surface area contributed by atoms with Crippen LogP contribution in [-0.2, 0) is 14.8 Å². The highest BCUT2D eigenvalue weighted by Crippen LogP contribution is 2.21. The molecule has 1 saturated heterocycles. The number of nitrogens with zero attached hydrogens (tertiary/aromatic N) is 1. The van der Waals surface area contributed by atoms with Gasteiger partial charge in [0.2, 0.25) is 10.0 Å². The Balaban J connectivity index is 1.55. The highest BCUT2D eigenvalue weighted by atomic mass is 79.9. The van der Waals surface area contributed by atoms with Gasteiger partial charge in [-0.25, -0.2) is 8.42 Å². The fourth-order valence-electron chi connectivity index (χ4n) is 3.38. The zero-order valence-electron chi connectivity index (χ0n) is 16.7. The van der Waals surface area contributed by atoms with E-state index < -0.39 is 10.0 Å². The second-order valence-electron chi connectivity index (χ2n) is 7.58. The molecule has 0 radical (unpaired) electrons. The predicted octanol–water partition coefficient (Wildman–Crippen LogP) is 2.10. The lowest BCUT2D eigenvalue weighted by atomic mass is 10.0. The molecular formula is C21H27BrN3O3S+. The number of anilines is 1. The number of benzene rings is 2. The molecule has 2 aromatic carbocycles. The van der Waals surface area contributed by atoms with E-state index in [0.717, 1.165) is 20.6 Å². The monoisotopic (exact) mass is 480 g/mol. The van der Waals surface area contributed by atoms with Crippen molar-refractivity contribution in [3.05, 3.63) is 58.6 Å². The molecule has 1 heterocycles. The highest BCUT2D eigenvalue weighted by Gasteiger charge is 2.31. The molecule has 2 aromatic rings. The Morgan fingerprint density at radius 1 is 1.10 bits per heavy atom. The summed E-state index contributed by atoms with van der Waals surface area (Å²) in [6, 6.07) is 14.6. The average molecular weight is 481 g/mol. The van der Waals surface area contributed by atoms with E-state index in [1.54, 1.807) is 12.1 Å². The lowest BCUT2D eigenvalue weighted by Crippen LogP contribution is -3.15. The number of quaternary nitrogens is 1. The molecule has 156 valence electrons. The summed E-state index contributed by atoms with van der Waals surface area (Å²) in [5.41, 5.74) is 1.86. The minimum atomic E-state index is -3.50. The number of hydrogen-bond acceptors (Lipinski definition) is 3. The lowest BCUT2D eigenvalue weighted by Gasteiger charge is -2.31. The van der Waals surface area contributed by atoms with Crippen LogP contribution in [0.2, 0.25) is 0 Å². The number of carbonyl (C=O) groups excluding carboxylic acids is 1. The molecule has 1 aliphatic heterocycles. The molecule has 0 atom stereocenters. The van der Waals surface area contributed by atoms with E-state index in [-0.39, 0.29) is 5.91 Å². The minimum Gasteiger partial charge on any atom is -0.325 e. The average Bonchev–Trinajstić information content (AvgIpc) is 2.70. The van der Waals surface area contributed by atoms with Gasteiger partial charge in [-0.1, -0.05) is 38.1 Å². The summed E-state index contributed by atoms with van der Waals surface area (Å²) in [4.78, 5) is 13.7. The maximum atomic E-state index is 12.9. The minimum absolute atomic E-state index is 0.0764. The molecular weight excluding hydrogens is 454 g/mol. The third-order valence-electron chi connectivity index (χ3n) is 5.17. The van der Waals surface area contributed by atoms with Crippen molar-refractivity contribution in [2.24, 2.45) is 0 Å². The quantitative estimate of drug-likeness (QED) is 0.664. The fourth-order valence-corrected chi connectivity index (χ4v) is 5.20. The normalized spacial score (nSPS) is 16.1. The first-order valence-corrected chi connectivity index (χ1v) is 12.0. The van der Waals surface area contributed by atoms with Gasteiger partial charge in [-0.05, 0) is 51.7 Å². The molecule has 1 aliphatic rings. The van der Waals surface area contributed by atoms with Gasteiger partial charge < -0.3 is 10.2 Å². The number of hydrogen-bond donors (Lipinski definition) is 2. The number of para-hydroxylation sites is 1. The second kappa shape index (κ2) is 9.38. The van der Waals surface area contributed by atoms with Gasteiger partial charge >= 0.3 is 0 Å². The number of sulfonamides is 1. The third kappa shape index (κ3) is 5.45. The first kappa shape index (κ1) is 22.0. The first-order valence-electron chi connectivity index (χ1n) is 9.75. The van der Waals surface area contributed by atoms with E-state index in [9.17, 15) is 13.2 Å². The topological polar surface area (TPSA) is 70.9 Å². The van der Waals surface area contributed by atoms with E-state index in [1.165, 1.54) is 4.31 Å². The van der Waals surface area contributed by atoms with Gasteiger partial charge in [-0.2, -0.15) is 4.31 Å². The zero-order chi connectivity index (χ0) is 21.0. The Morgan fingerprint density at radius 3 is 2.31 bits per heavy atom. The number of piperazine rings is 1. The van der Waals surface area contributed by atoms with Crippen molar-refractivity contribution in [1.29, 1.82) is 0 Å². The molecule has 0 saturated carbocycles. The van der Waals surface area contributed by atoms with Gasteiger partial charge in [0.15, 0.2) is 6.54 Å². The molecule has 1 amide bonds. The Labute approximate surface area is 181 Å².